The second kappa shape index (κ2) is 12.0. The maximum atomic E-state index is 12.2. The fourth-order valence-electron chi connectivity index (χ4n) is 3.79. The minimum Gasteiger partial charge on any atom is -0.379 e. The third-order valence-corrected chi connectivity index (χ3v) is 5.45. The van der Waals surface area contributed by atoms with Crippen LogP contribution in [-0.2, 0) is 14.3 Å². The van der Waals surface area contributed by atoms with Crippen LogP contribution in [0.2, 0.25) is 0 Å². The van der Waals surface area contributed by atoms with Crippen molar-refractivity contribution in [3.63, 3.8) is 0 Å². The number of hydrogen-bond acceptors (Lipinski definition) is 4. The average molecular weight is 390 g/mol. The van der Waals surface area contributed by atoms with E-state index in [4.69, 9.17) is 9.47 Å². The van der Waals surface area contributed by atoms with Gasteiger partial charge in [0.05, 0.1) is 19.8 Å². The van der Waals surface area contributed by atoms with E-state index >= 15 is 0 Å². The molecule has 0 aromatic heterocycles. The minimum atomic E-state index is -0.0776. The zero-order chi connectivity index (χ0) is 20.4. The highest BCUT2D eigenvalue weighted by Gasteiger charge is 2.28. The Hall–Kier alpha value is -1.72. The van der Waals surface area contributed by atoms with Gasteiger partial charge in [-0.3, -0.25) is 9.59 Å². The van der Waals surface area contributed by atoms with Gasteiger partial charge in [0.1, 0.15) is 5.78 Å². The van der Waals surface area contributed by atoms with E-state index in [-0.39, 0.29) is 17.7 Å². The molecule has 1 aromatic carbocycles. The topological polar surface area (TPSA) is 64.6 Å². The molecular weight excluding hydrogens is 354 g/mol. The molecule has 5 heteroatoms. The molecule has 0 radical (unpaired) electrons. The molecule has 0 bridgehead atoms. The van der Waals surface area contributed by atoms with Crippen molar-refractivity contribution in [2.24, 2.45) is 11.8 Å². The summed E-state index contributed by atoms with van der Waals surface area (Å²) >= 11 is 0. The van der Waals surface area contributed by atoms with Gasteiger partial charge < -0.3 is 14.8 Å². The second-order valence-electron chi connectivity index (χ2n) is 7.79. The first kappa shape index (κ1) is 22.6. The lowest BCUT2D eigenvalue weighted by molar-refractivity contribution is -0.126. The first-order valence-electron chi connectivity index (χ1n) is 10.6. The average Bonchev–Trinajstić information content (AvgIpc) is 2.72. The number of nitrogens with one attached hydrogen (secondary N) is 1. The molecule has 1 saturated carbocycles. The van der Waals surface area contributed by atoms with E-state index in [1.807, 2.05) is 32.9 Å². The fourth-order valence-corrected chi connectivity index (χ4v) is 3.79. The number of rotatable bonds is 11. The number of amides is 1. The largest absolute Gasteiger partial charge is 0.379 e. The third kappa shape index (κ3) is 7.02. The van der Waals surface area contributed by atoms with Gasteiger partial charge >= 0.3 is 0 Å². The summed E-state index contributed by atoms with van der Waals surface area (Å²) < 4.78 is 10.6. The molecule has 0 atom stereocenters. The standard InChI is InChI=1S/C23H35NO4/c1-4-27-15-16-28-14-13-24-23(26)21-11-7-19(8-12-21)18-5-9-20(10-6-18)22(25)17(2)3/h7-8,11-12,17-18,20H,4-6,9-10,13-16H2,1-3H3,(H,24,26). The Kier molecular flexibility index (Phi) is 9.65. The summed E-state index contributed by atoms with van der Waals surface area (Å²) in [6.07, 6.45) is 4.06. The van der Waals surface area contributed by atoms with Crippen molar-refractivity contribution in [2.45, 2.75) is 52.4 Å². The molecule has 2 rings (SSSR count). The molecule has 1 amide bonds. The van der Waals surface area contributed by atoms with Crippen molar-refractivity contribution in [1.29, 1.82) is 0 Å². The highest BCUT2D eigenvalue weighted by molar-refractivity contribution is 5.94. The Morgan fingerprint density at radius 2 is 1.64 bits per heavy atom. The molecule has 1 N–H and O–H groups in total. The van der Waals surface area contributed by atoms with Gasteiger partial charge in [-0.25, -0.2) is 0 Å². The van der Waals surface area contributed by atoms with Crippen LogP contribution in [0.1, 0.15) is 68.3 Å². The van der Waals surface area contributed by atoms with Gasteiger partial charge in [-0.2, -0.15) is 0 Å². The maximum Gasteiger partial charge on any atom is 0.251 e. The Labute approximate surface area is 169 Å². The van der Waals surface area contributed by atoms with E-state index in [1.54, 1.807) is 0 Å². The zero-order valence-corrected chi connectivity index (χ0v) is 17.5. The molecule has 28 heavy (non-hydrogen) atoms. The van der Waals surface area contributed by atoms with Crippen LogP contribution in [0.25, 0.3) is 0 Å². The lowest BCUT2D eigenvalue weighted by Crippen LogP contribution is -2.27. The Morgan fingerprint density at radius 3 is 2.25 bits per heavy atom. The molecule has 1 aliphatic carbocycles. The Balaban J connectivity index is 1.73. The van der Waals surface area contributed by atoms with Crippen LogP contribution in [0.3, 0.4) is 0 Å². The molecule has 1 fully saturated rings. The summed E-state index contributed by atoms with van der Waals surface area (Å²) in [6, 6.07) is 7.91. The van der Waals surface area contributed by atoms with Gasteiger partial charge in [0.25, 0.3) is 5.91 Å². The number of ketones is 1. The SMILES string of the molecule is CCOCCOCCNC(=O)c1ccc(C2CCC(C(=O)C(C)C)CC2)cc1. The van der Waals surface area contributed by atoms with E-state index < -0.39 is 0 Å². The molecule has 1 aliphatic rings. The first-order valence-corrected chi connectivity index (χ1v) is 10.6. The van der Waals surface area contributed by atoms with Crippen LogP contribution in [0.4, 0.5) is 0 Å². The normalized spacial score (nSPS) is 19.6. The number of carbonyl (C=O) groups excluding carboxylic acids is 2. The molecule has 0 heterocycles. The molecule has 5 nitrogen and oxygen atoms in total. The summed E-state index contributed by atoms with van der Waals surface area (Å²) in [5, 5.41) is 2.88. The highest BCUT2D eigenvalue weighted by Crippen LogP contribution is 2.37. The molecular formula is C23H35NO4. The lowest BCUT2D eigenvalue weighted by Gasteiger charge is -2.29. The number of Topliss-reactive ketones (excluding diaryl/α,β-unsaturated/α-hetero) is 1. The van der Waals surface area contributed by atoms with Crippen LogP contribution >= 0.6 is 0 Å². The summed E-state index contributed by atoms with van der Waals surface area (Å²) in [6.45, 7) is 8.72. The van der Waals surface area contributed by atoms with E-state index in [2.05, 4.69) is 17.4 Å². The molecule has 1 aromatic rings. The third-order valence-electron chi connectivity index (χ3n) is 5.45. The maximum absolute atomic E-state index is 12.2. The van der Waals surface area contributed by atoms with Crippen molar-refractivity contribution in [1.82, 2.24) is 5.32 Å². The van der Waals surface area contributed by atoms with Gasteiger partial charge in [0.15, 0.2) is 0 Å². The summed E-state index contributed by atoms with van der Waals surface area (Å²) in [5.41, 5.74) is 1.94. The highest BCUT2D eigenvalue weighted by atomic mass is 16.5. The van der Waals surface area contributed by atoms with Gasteiger partial charge in [-0.15, -0.1) is 0 Å². The number of hydrogen-bond donors (Lipinski definition) is 1. The van der Waals surface area contributed by atoms with Crippen LogP contribution < -0.4 is 5.32 Å². The Bertz CT molecular complexity index is 604. The lowest BCUT2D eigenvalue weighted by atomic mass is 9.75. The Morgan fingerprint density at radius 1 is 1.00 bits per heavy atom. The van der Waals surface area contributed by atoms with E-state index in [0.717, 1.165) is 25.7 Å². The van der Waals surface area contributed by atoms with E-state index in [9.17, 15) is 9.59 Å². The van der Waals surface area contributed by atoms with E-state index in [0.29, 0.717) is 50.2 Å². The van der Waals surface area contributed by atoms with Crippen molar-refractivity contribution in [2.75, 3.05) is 33.0 Å². The summed E-state index contributed by atoms with van der Waals surface area (Å²) in [4.78, 5) is 24.4. The molecule has 0 spiro atoms. The molecule has 0 saturated heterocycles. The number of ether oxygens (including phenoxy) is 2. The number of carbonyl (C=O) groups is 2. The molecule has 156 valence electrons. The van der Waals surface area contributed by atoms with Crippen molar-refractivity contribution in [3.05, 3.63) is 35.4 Å². The summed E-state index contributed by atoms with van der Waals surface area (Å²) in [7, 11) is 0. The van der Waals surface area contributed by atoms with Crippen LogP contribution in [0, 0.1) is 11.8 Å². The van der Waals surface area contributed by atoms with Crippen LogP contribution in [0.15, 0.2) is 24.3 Å². The van der Waals surface area contributed by atoms with Gasteiger partial charge in [-0.1, -0.05) is 26.0 Å². The molecule has 0 aliphatic heterocycles. The van der Waals surface area contributed by atoms with Gasteiger partial charge in [0.2, 0.25) is 0 Å². The van der Waals surface area contributed by atoms with Gasteiger partial charge in [0, 0.05) is 30.6 Å². The second-order valence-corrected chi connectivity index (χ2v) is 7.79. The fraction of sp³-hybridized carbons (Fsp3) is 0.652. The first-order chi connectivity index (χ1) is 13.5. The quantitative estimate of drug-likeness (QED) is 0.582. The summed E-state index contributed by atoms with van der Waals surface area (Å²) in [5.74, 6) is 1.19. The smallest absolute Gasteiger partial charge is 0.251 e. The predicted molar refractivity (Wildman–Crippen MR) is 111 cm³/mol. The van der Waals surface area contributed by atoms with Crippen molar-refractivity contribution in [3.8, 4) is 0 Å². The monoisotopic (exact) mass is 389 g/mol. The zero-order valence-electron chi connectivity index (χ0n) is 17.5. The van der Waals surface area contributed by atoms with Crippen molar-refractivity contribution >= 4 is 11.7 Å². The van der Waals surface area contributed by atoms with Crippen LogP contribution in [-0.4, -0.2) is 44.7 Å². The van der Waals surface area contributed by atoms with Crippen molar-refractivity contribution < 1.29 is 19.1 Å². The predicted octanol–water partition coefficient (Wildman–Crippen LogP) is 3.97. The van der Waals surface area contributed by atoms with Gasteiger partial charge in [-0.05, 0) is 56.2 Å². The minimum absolute atomic E-state index is 0.0776. The molecule has 0 unspecified atom stereocenters. The van der Waals surface area contributed by atoms with Crippen LogP contribution in [0.5, 0.6) is 0 Å². The number of benzene rings is 1. The van der Waals surface area contributed by atoms with E-state index in [1.165, 1.54) is 5.56 Å².